The van der Waals surface area contributed by atoms with Gasteiger partial charge in [0.25, 0.3) is 0 Å². The molecule has 0 spiro atoms. The van der Waals surface area contributed by atoms with Gasteiger partial charge in [-0.1, -0.05) is 42.4 Å². The van der Waals surface area contributed by atoms with Crippen molar-refractivity contribution < 1.29 is 19.2 Å². The van der Waals surface area contributed by atoms with Crippen LogP contribution < -0.4 is 0 Å². The number of nitrogens with zero attached hydrogens (tertiary/aromatic N) is 3. The van der Waals surface area contributed by atoms with Gasteiger partial charge in [0.2, 0.25) is 5.91 Å². The van der Waals surface area contributed by atoms with Gasteiger partial charge in [-0.05, 0) is 61.8 Å². The molecule has 1 fully saturated rings. The summed E-state index contributed by atoms with van der Waals surface area (Å²) in [6.45, 7) is 10.5. The first-order valence-electron chi connectivity index (χ1n) is 11.9. The Hall–Kier alpha value is -0.490. The van der Waals surface area contributed by atoms with E-state index in [1.807, 2.05) is 47.9 Å². The van der Waals surface area contributed by atoms with Crippen molar-refractivity contribution in [3.8, 4) is 0 Å². The molecule has 10 heteroatoms. The van der Waals surface area contributed by atoms with E-state index in [-0.39, 0.29) is 19.1 Å². The van der Waals surface area contributed by atoms with Crippen LogP contribution in [0.1, 0.15) is 57.0 Å². The van der Waals surface area contributed by atoms with E-state index in [0.717, 1.165) is 57.5 Å². The molecule has 1 aromatic rings. The molecule has 0 radical (unpaired) electrons. The van der Waals surface area contributed by atoms with E-state index in [4.69, 9.17) is 0 Å². The second-order valence-electron chi connectivity index (χ2n) is 7.55. The average Bonchev–Trinajstić information content (AvgIpc) is 2.88. The maximum absolute atomic E-state index is 12.4. The SMILES string of the molecule is CC.COSC.CSSC(C)CCC(=O)N1CCN(CCCc2cc(CO)nc(CO)c2)CC1. The quantitative estimate of drug-likeness (QED) is 0.301. The fraction of sp³-hybridized carbons (Fsp3) is 0.750. The van der Waals surface area contributed by atoms with E-state index in [9.17, 15) is 15.0 Å². The van der Waals surface area contributed by atoms with Crippen LogP contribution in [0.5, 0.6) is 0 Å². The van der Waals surface area contributed by atoms with E-state index < -0.39 is 0 Å². The molecule has 1 amide bonds. The molecule has 2 rings (SSSR count). The summed E-state index contributed by atoms with van der Waals surface area (Å²) in [5.74, 6) is 0.290. The lowest BCUT2D eigenvalue weighted by molar-refractivity contribution is -0.133. The highest BCUT2D eigenvalue weighted by Crippen LogP contribution is 2.26. The molecule has 1 aliphatic heterocycles. The lowest BCUT2D eigenvalue weighted by Crippen LogP contribution is -2.48. The van der Waals surface area contributed by atoms with Crippen LogP contribution in [0.15, 0.2) is 12.1 Å². The van der Waals surface area contributed by atoms with Crippen molar-refractivity contribution in [2.75, 3.05) is 52.3 Å². The Morgan fingerprint density at radius 3 is 2.15 bits per heavy atom. The zero-order valence-corrected chi connectivity index (χ0v) is 24.2. The Kier molecular flexibility index (Phi) is 21.5. The molecule has 0 aromatic carbocycles. The Morgan fingerprint density at radius 2 is 1.68 bits per heavy atom. The number of hydrogen-bond donors (Lipinski definition) is 2. The van der Waals surface area contributed by atoms with Gasteiger partial charge in [-0.25, -0.2) is 0 Å². The molecule has 0 bridgehead atoms. The minimum atomic E-state index is -0.106. The molecule has 1 unspecified atom stereocenters. The second kappa shape index (κ2) is 21.8. The summed E-state index contributed by atoms with van der Waals surface area (Å²) < 4.78 is 4.46. The van der Waals surface area contributed by atoms with E-state index in [1.165, 1.54) is 12.0 Å². The Labute approximate surface area is 219 Å². The van der Waals surface area contributed by atoms with Crippen LogP contribution in [0.3, 0.4) is 0 Å². The Balaban J connectivity index is 0.00000164. The van der Waals surface area contributed by atoms with Gasteiger partial charge in [0.1, 0.15) is 0 Å². The smallest absolute Gasteiger partial charge is 0.222 e. The van der Waals surface area contributed by atoms with Gasteiger partial charge < -0.3 is 19.3 Å². The molecule has 2 heterocycles. The summed E-state index contributed by atoms with van der Waals surface area (Å²) in [6, 6.07) is 3.82. The molecule has 0 saturated carbocycles. The number of aliphatic hydroxyl groups excluding tert-OH is 2. The Morgan fingerprint density at radius 1 is 1.12 bits per heavy atom. The molecule has 1 aromatic heterocycles. The van der Waals surface area contributed by atoms with Crippen molar-refractivity contribution in [2.45, 2.75) is 64.9 Å². The molecule has 1 atom stereocenters. The third kappa shape index (κ3) is 14.8. The van der Waals surface area contributed by atoms with Gasteiger partial charge in [0, 0.05) is 44.1 Å². The van der Waals surface area contributed by atoms with Gasteiger partial charge in [0.15, 0.2) is 0 Å². The number of hydrogen-bond acceptors (Lipinski definition) is 9. The van der Waals surface area contributed by atoms with Gasteiger partial charge in [0.05, 0.1) is 31.7 Å². The van der Waals surface area contributed by atoms with Crippen LogP contribution in [0.2, 0.25) is 0 Å². The highest BCUT2D eigenvalue weighted by molar-refractivity contribution is 8.76. The zero-order valence-electron chi connectivity index (χ0n) is 21.8. The van der Waals surface area contributed by atoms with E-state index in [1.54, 1.807) is 17.9 Å². The van der Waals surface area contributed by atoms with Crippen LogP contribution >= 0.6 is 33.6 Å². The predicted molar refractivity (Wildman–Crippen MR) is 149 cm³/mol. The van der Waals surface area contributed by atoms with Crippen molar-refractivity contribution in [1.82, 2.24) is 14.8 Å². The summed E-state index contributed by atoms with van der Waals surface area (Å²) in [5, 5.41) is 19.1. The van der Waals surface area contributed by atoms with Gasteiger partial charge in [-0.2, -0.15) is 0 Å². The van der Waals surface area contributed by atoms with Crippen molar-refractivity contribution in [2.24, 2.45) is 0 Å². The lowest BCUT2D eigenvalue weighted by Gasteiger charge is -2.35. The van der Waals surface area contributed by atoms with Crippen molar-refractivity contribution in [1.29, 1.82) is 0 Å². The fourth-order valence-corrected chi connectivity index (χ4v) is 5.27. The topological polar surface area (TPSA) is 86.1 Å². The summed E-state index contributed by atoms with van der Waals surface area (Å²) in [7, 11) is 5.25. The molecule has 34 heavy (non-hydrogen) atoms. The minimum Gasteiger partial charge on any atom is -0.390 e. The number of aromatic nitrogens is 1. The van der Waals surface area contributed by atoms with Gasteiger partial charge in [-0.15, -0.1) is 0 Å². The monoisotopic (exact) mass is 535 g/mol. The first-order chi connectivity index (χ1) is 16.5. The lowest BCUT2D eigenvalue weighted by atomic mass is 10.1. The van der Waals surface area contributed by atoms with Crippen molar-refractivity contribution in [3.63, 3.8) is 0 Å². The highest BCUT2D eigenvalue weighted by atomic mass is 33.1. The predicted octanol–water partition coefficient (Wildman–Crippen LogP) is 4.26. The number of pyridine rings is 1. The van der Waals surface area contributed by atoms with E-state index in [0.29, 0.717) is 23.1 Å². The summed E-state index contributed by atoms with van der Waals surface area (Å²) >= 11 is 1.36. The molecule has 1 saturated heterocycles. The van der Waals surface area contributed by atoms with E-state index in [2.05, 4.69) is 27.2 Å². The van der Waals surface area contributed by atoms with Gasteiger partial charge >= 0.3 is 0 Å². The number of carbonyl (C=O) groups is 1. The normalized spacial score (nSPS) is 14.5. The first kappa shape index (κ1) is 33.5. The van der Waals surface area contributed by atoms with Crippen LogP contribution in [-0.4, -0.2) is 88.5 Å². The van der Waals surface area contributed by atoms with Gasteiger partial charge in [-0.3, -0.25) is 14.7 Å². The molecular formula is C24H45N3O4S3. The fourth-order valence-electron chi connectivity index (χ4n) is 3.45. The minimum absolute atomic E-state index is 0.106. The first-order valence-corrected chi connectivity index (χ1v) is 15.7. The van der Waals surface area contributed by atoms with Crippen LogP contribution in [0, 0.1) is 0 Å². The zero-order chi connectivity index (χ0) is 25.8. The number of carbonyl (C=O) groups excluding carboxylic acids is 1. The molecule has 1 aliphatic rings. The summed E-state index contributed by atoms with van der Waals surface area (Å²) in [4.78, 5) is 21.0. The Bertz CT molecular complexity index is 624. The average molecular weight is 536 g/mol. The highest BCUT2D eigenvalue weighted by Gasteiger charge is 2.21. The number of aliphatic hydroxyl groups is 2. The van der Waals surface area contributed by atoms with Crippen molar-refractivity contribution >= 4 is 39.5 Å². The molecular weight excluding hydrogens is 490 g/mol. The standard InChI is InChI=1S/C20H33N3O3S2.C2H6OS.C2H6/c1-16(28-27-2)5-6-20(26)23-10-8-22(9-11-23)7-3-4-17-12-18(14-24)21-19(13-17)15-25;1-3-4-2;1-2/h12-13,16,24-25H,3-11,14-15H2,1-2H3;1-2H3;1-2H3. The maximum atomic E-state index is 12.4. The molecule has 198 valence electrons. The summed E-state index contributed by atoms with van der Waals surface area (Å²) in [5.41, 5.74) is 2.33. The number of aryl methyl sites for hydroxylation is 1. The van der Waals surface area contributed by atoms with Crippen LogP contribution in [0.25, 0.3) is 0 Å². The number of rotatable bonds is 12. The molecule has 0 aliphatic carbocycles. The van der Waals surface area contributed by atoms with E-state index >= 15 is 0 Å². The van der Waals surface area contributed by atoms with Crippen LogP contribution in [0.4, 0.5) is 0 Å². The largest absolute Gasteiger partial charge is 0.390 e. The maximum Gasteiger partial charge on any atom is 0.222 e. The summed E-state index contributed by atoms with van der Waals surface area (Å²) in [6.07, 6.45) is 7.46. The number of amides is 1. The number of piperazine rings is 1. The van der Waals surface area contributed by atoms with Crippen molar-refractivity contribution in [3.05, 3.63) is 29.1 Å². The van der Waals surface area contributed by atoms with Crippen LogP contribution in [-0.2, 0) is 28.6 Å². The third-order valence-corrected chi connectivity index (χ3v) is 7.82. The molecule has 7 nitrogen and oxygen atoms in total. The third-order valence-electron chi connectivity index (χ3n) is 5.17. The molecule has 2 N–H and O–H groups in total. The second-order valence-corrected chi connectivity index (χ2v) is 11.1.